The van der Waals surface area contributed by atoms with Crippen LogP contribution in [0.3, 0.4) is 0 Å². The molecule has 6 rings (SSSR count). The quantitative estimate of drug-likeness (QED) is 0.274. The molecule has 0 radical (unpaired) electrons. The summed E-state index contributed by atoms with van der Waals surface area (Å²) in [5.74, 6) is 1.42. The third-order valence-electron chi connectivity index (χ3n) is 6.80. The third-order valence-corrected chi connectivity index (χ3v) is 6.80. The van der Waals surface area contributed by atoms with Gasteiger partial charge in [0.1, 0.15) is 23.6 Å². The van der Waals surface area contributed by atoms with Crippen LogP contribution in [-0.4, -0.2) is 43.0 Å². The molecule has 5 aromatic rings. The number of aryl methyl sites for hydroxylation is 1. The Balaban J connectivity index is 1.13. The summed E-state index contributed by atoms with van der Waals surface area (Å²) in [4.78, 5) is 28.5. The fourth-order valence-electron chi connectivity index (χ4n) is 4.90. The molecule has 1 N–H and O–H groups in total. The zero-order valence-electron chi connectivity index (χ0n) is 20.9. The number of nitrogens with one attached hydrogen (secondary N) is 1. The first-order valence-electron chi connectivity index (χ1n) is 12.8. The number of aromatic nitrogens is 4. The zero-order valence-corrected chi connectivity index (χ0v) is 20.9. The summed E-state index contributed by atoms with van der Waals surface area (Å²) in [6.07, 6.45) is 3.58. The summed E-state index contributed by atoms with van der Waals surface area (Å²) in [6, 6.07) is 29.6. The molecule has 3 heterocycles. The van der Waals surface area contributed by atoms with E-state index in [4.69, 9.17) is 4.74 Å². The molecule has 0 bridgehead atoms. The Morgan fingerprint density at radius 2 is 1.53 bits per heavy atom. The Morgan fingerprint density at radius 3 is 2.29 bits per heavy atom. The number of nitrogens with zero attached hydrogens (tertiary/aromatic N) is 5. The number of para-hydroxylation sites is 1. The first-order chi connectivity index (χ1) is 18.8. The number of benzene rings is 3. The first kappa shape index (κ1) is 23.7. The number of amides is 1. The molecule has 1 aliphatic heterocycles. The van der Waals surface area contributed by atoms with Crippen LogP contribution in [0.5, 0.6) is 5.75 Å². The van der Waals surface area contributed by atoms with Gasteiger partial charge in [0.2, 0.25) is 6.10 Å². The molecule has 8 nitrogen and oxygen atoms in total. The van der Waals surface area contributed by atoms with E-state index in [2.05, 4.69) is 44.5 Å². The van der Waals surface area contributed by atoms with E-state index in [0.717, 1.165) is 23.1 Å². The van der Waals surface area contributed by atoms with E-state index in [9.17, 15) is 4.79 Å². The smallest absolute Gasteiger partial charge is 0.266 e. The van der Waals surface area contributed by atoms with Gasteiger partial charge in [0.05, 0.1) is 6.33 Å². The molecule has 1 amide bonds. The second kappa shape index (κ2) is 10.7. The van der Waals surface area contributed by atoms with Crippen molar-refractivity contribution in [3.8, 4) is 5.75 Å². The van der Waals surface area contributed by atoms with E-state index in [1.165, 1.54) is 5.56 Å². The average Bonchev–Trinajstić information content (AvgIpc) is 3.40. The van der Waals surface area contributed by atoms with Gasteiger partial charge in [-0.3, -0.25) is 4.79 Å². The molecule has 1 aliphatic rings. The maximum absolute atomic E-state index is 13.1. The topological polar surface area (TPSA) is 85.2 Å². The standard InChI is InChI=1S/C30H28N6O2/c37-30-27(38-24-15-8-3-9-16-24)26(23-13-6-2-7-14-23)36(30)18-10-17-35-21-34-25-28(32-20-33-29(25)35)31-19-22-11-4-1-5-12-22/h1-9,11-16,20-21,26-27H,10,17-19H2,(H,31,32,33)/t26-,27+/m1/s1. The van der Waals surface area contributed by atoms with Crippen molar-refractivity contribution in [2.24, 2.45) is 0 Å². The molecule has 38 heavy (non-hydrogen) atoms. The molecular formula is C30H28N6O2. The van der Waals surface area contributed by atoms with Crippen molar-refractivity contribution in [2.45, 2.75) is 31.7 Å². The van der Waals surface area contributed by atoms with Gasteiger partial charge in [-0.1, -0.05) is 78.9 Å². The van der Waals surface area contributed by atoms with E-state index in [0.29, 0.717) is 31.2 Å². The minimum atomic E-state index is -0.528. The van der Waals surface area contributed by atoms with Gasteiger partial charge in [0.15, 0.2) is 11.5 Å². The Kier molecular flexibility index (Phi) is 6.68. The fourth-order valence-corrected chi connectivity index (χ4v) is 4.90. The van der Waals surface area contributed by atoms with E-state index < -0.39 is 6.10 Å². The highest BCUT2D eigenvalue weighted by atomic mass is 16.5. The molecule has 190 valence electrons. The Bertz CT molecular complexity index is 1510. The summed E-state index contributed by atoms with van der Waals surface area (Å²) < 4.78 is 8.13. The van der Waals surface area contributed by atoms with Crippen LogP contribution in [0.1, 0.15) is 23.6 Å². The van der Waals surface area contributed by atoms with Gasteiger partial charge >= 0.3 is 0 Å². The summed E-state index contributed by atoms with van der Waals surface area (Å²) in [5.41, 5.74) is 3.75. The van der Waals surface area contributed by atoms with Crippen molar-refractivity contribution in [3.05, 3.63) is 115 Å². The Hall–Kier alpha value is -4.72. The number of hydrogen-bond donors (Lipinski definition) is 1. The lowest BCUT2D eigenvalue weighted by atomic mass is 9.90. The van der Waals surface area contributed by atoms with Crippen LogP contribution in [0.4, 0.5) is 5.82 Å². The van der Waals surface area contributed by atoms with Gasteiger partial charge < -0.3 is 19.5 Å². The maximum atomic E-state index is 13.1. The van der Waals surface area contributed by atoms with Crippen molar-refractivity contribution in [2.75, 3.05) is 11.9 Å². The average molecular weight is 505 g/mol. The van der Waals surface area contributed by atoms with Crippen LogP contribution in [0.15, 0.2) is 104 Å². The lowest BCUT2D eigenvalue weighted by Gasteiger charge is -2.47. The van der Waals surface area contributed by atoms with E-state index >= 15 is 0 Å². The number of hydrogen-bond acceptors (Lipinski definition) is 6. The van der Waals surface area contributed by atoms with Gasteiger partial charge in [-0.25, -0.2) is 15.0 Å². The number of fused-ring (bicyclic) bond motifs is 1. The van der Waals surface area contributed by atoms with E-state index in [1.807, 2.05) is 76.2 Å². The molecule has 0 saturated carbocycles. The molecule has 2 atom stereocenters. The second-order valence-electron chi connectivity index (χ2n) is 9.26. The van der Waals surface area contributed by atoms with Crippen LogP contribution in [-0.2, 0) is 17.9 Å². The SMILES string of the molecule is O=C1[C@@H](Oc2ccccc2)[C@@H](c2ccccc2)N1CCCn1cnc2c(NCc3ccccc3)ncnc21. The molecule has 8 heteroatoms. The van der Waals surface area contributed by atoms with Crippen LogP contribution in [0, 0.1) is 0 Å². The highest BCUT2D eigenvalue weighted by molar-refractivity contribution is 5.89. The number of carbonyl (C=O) groups is 1. The van der Waals surface area contributed by atoms with Crippen molar-refractivity contribution in [3.63, 3.8) is 0 Å². The molecule has 1 fully saturated rings. The second-order valence-corrected chi connectivity index (χ2v) is 9.26. The van der Waals surface area contributed by atoms with E-state index in [-0.39, 0.29) is 11.9 Å². The van der Waals surface area contributed by atoms with Crippen LogP contribution in [0.2, 0.25) is 0 Å². The zero-order chi connectivity index (χ0) is 25.7. The number of rotatable bonds is 10. The molecule has 0 unspecified atom stereocenters. The van der Waals surface area contributed by atoms with Crippen molar-refractivity contribution in [1.82, 2.24) is 24.4 Å². The largest absolute Gasteiger partial charge is 0.478 e. The fraction of sp³-hybridized carbons (Fsp3) is 0.200. The van der Waals surface area contributed by atoms with Gasteiger partial charge in [-0.05, 0) is 29.7 Å². The van der Waals surface area contributed by atoms with Crippen molar-refractivity contribution in [1.29, 1.82) is 0 Å². The summed E-state index contributed by atoms with van der Waals surface area (Å²) in [7, 11) is 0. The first-order valence-corrected chi connectivity index (χ1v) is 12.8. The minimum Gasteiger partial charge on any atom is -0.478 e. The van der Waals surface area contributed by atoms with Gasteiger partial charge in [0.25, 0.3) is 5.91 Å². The van der Waals surface area contributed by atoms with E-state index in [1.54, 1.807) is 12.7 Å². The summed E-state index contributed by atoms with van der Waals surface area (Å²) >= 11 is 0. The number of anilines is 1. The molecule has 0 aliphatic carbocycles. The molecule has 0 spiro atoms. The lowest BCUT2D eigenvalue weighted by Crippen LogP contribution is -2.61. The molecular weight excluding hydrogens is 476 g/mol. The van der Waals surface area contributed by atoms with Gasteiger partial charge in [0, 0.05) is 19.6 Å². The third kappa shape index (κ3) is 4.80. The highest BCUT2D eigenvalue weighted by Crippen LogP contribution is 2.37. The number of β-lactam (4-membered cyclic amide) rings is 1. The number of imidazole rings is 1. The highest BCUT2D eigenvalue weighted by Gasteiger charge is 2.49. The molecule has 1 saturated heterocycles. The Labute approximate surface area is 220 Å². The predicted octanol–water partition coefficient (Wildman–Crippen LogP) is 4.86. The summed E-state index contributed by atoms with van der Waals surface area (Å²) in [5, 5.41) is 3.37. The molecule has 2 aromatic heterocycles. The lowest BCUT2D eigenvalue weighted by molar-refractivity contribution is -0.164. The van der Waals surface area contributed by atoms with Crippen LogP contribution >= 0.6 is 0 Å². The van der Waals surface area contributed by atoms with Crippen molar-refractivity contribution >= 4 is 22.9 Å². The van der Waals surface area contributed by atoms with Crippen LogP contribution < -0.4 is 10.1 Å². The number of carbonyl (C=O) groups excluding carboxylic acids is 1. The number of likely N-dealkylation sites (tertiary alicyclic amines) is 1. The normalized spacial score (nSPS) is 16.8. The monoisotopic (exact) mass is 504 g/mol. The number of ether oxygens (including phenoxy) is 1. The van der Waals surface area contributed by atoms with Crippen LogP contribution in [0.25, 0.3) is 11.2 Å². The van der Waals surface area contributed by atoms with Gasteiger partial charge in [-0.15, -0.1) is 0 Å². The van der Waals surface area contributed by atoms with Gasteiger partial charge in [-0.2, -0.15) is 0 Å². The van der Waals surface area contributed by atoms with Crippen molar-refractivity contribution < 1.29 is 9.53 Å². The predicted molar refractivity (Wildman–Crippen MR) is 145 cm³/mol. The maximum Gasteiger partial charge on any atom is 0.266 e. The minimum absolute atomic E-state index is 0.00733. The Morgan fingerprint density at radius 1 is 0.816 bits per heavy atom. The summed E-state index contributed by atoms with van der Waals surface area (Å²) in [6.45, 7) is 1.95. The molecule has 3 aromatic carbocycles.